The summed E-state index contributed by atoms with van der Waals surface area (Å²) in [5.74, 6) is -0.456. The summed E-state index contributed by atoms with van der Waals surface area (Å²) in [6.45, 7) is 3.35. The summed E-state index contributed by atoms with van der Waals surface area (Å²) in [7, 11) is 0. The van der Waals surface area contributed by atoms with Gasteiger partial charge in [0.15, 0.2) is 0 Å². The summed E-state index contributed by atoms with van der Waals surface area (Å²) in [4.78, 5) is 28.1. The van der Waals surface area contributed by atoms with E-state index >= 15 is 0 Å². The van der Waals surface area contributed by atoms with E-state index in [1.807, 2.05) is 0 Å². The van der Waals surface area contributed by atoms with Crippen molar-refractivity contribution in [1.29, 1.82) is 0 Å². The van der Waals surface area contributed by atoms with Crippen LogP contribution in [-0.4, -0.2) is 22.7 Å². The van der Waals surface area contributed by atoms with Crippen LogP contribution < -0.4 is 4.90 Å². The molecule has 0 unspecified atom stereocenters. The molecule has 16 heavy (non-hydrogen) atoms. The lowest BCUT2D eigenvalue weighted by molar-refractivity contribution is -0.124. The SMILES string of the molecule is C=CC(=O)N(C(=O)CCCl)c1ccccn1. The maximum absolute atomic E-state index is 11.7. The molecule has 84 valence electrons. The standard InChI is InChI=1S/C11H11ClN2O2/c1-2-10(15)14(11(16)6-7-12)9-5-3-4-8-13-9/h2-5,8H,1,6-7H2. The van der Waals surface area contributed by atoms with Crippen molar-refractivity contribution in [1.82, 2.24) is 4.98 Å². The summed E-state index contributed by atoms with van der Waals surface area (Å²) in [6, 6.07) is 4.97. The number of amides is 2. The van der Waals surface area contributed by atoms with Crippen LogP contribution in [0.4, 0.5) is 5.82 Å². The normalized spacial score (nSPS) is 9.56. The maximum Gasteiger partial charge on any atom is 0.258 e. The van der Waals surface area contributed by atoms with E-state index < -0.39 is 11.8 Å². The third-order valence-electron chi connectivity index (χ3n) is 1.83. The highest BCUT2D eigenvalue weighted by Crippen LogP contribution is 2.11. The van der Waals surface area contributed by atoms with Gasteiger partial charge in [-0.15, -0.1) is 11.6 Å². The number of halogens is 1. The predicted octanol–water partition coefficient (Wildman–Crippen LogP) is 1.76. The van der Waals surface area contributed by atoms with Crippen LogP contribution in [0.1, 0.15) is 6.42 Å². The Hall–Kier alpha value is -1.68. The number of pyridine rings is 1. The van der Waals surface area contributed by atoms with Crippen molar-refractivity contribution in [3.05, 3.63) is 37.1 Å². The fourth-order valence-electron chi connectivity index (χ4n) is 1.13. The third kappa shape index (κ3) is 2.90. The molecule has 0 aliphatic heterocycles. The van der Waals surface area contributed by atoms with Gasteiger partial charge in [0.25, 0.3) is 5.91 Å². The first-order chi connectivity index (χ1) is 7.70. The van der Waals surface area contributed by atoms with Gasteiger partial charge in [-0.1, -0.05) is 12.6 Å². The fraction of sp³-hybridized carbons (Fsp3) is 0.182. The topological polar surface area (TPSA) is 50.3 Å². The van der Waals surface area contributed by atoms with Crippen molar-refractivity contribution in [2.24, 2.45) is 0 Å². The fourth-order valence-corrected chi connectivity index (χ4v) is 1.30. The van der Waals surface area contributed by atoms with Crippen LogP contribution in [0.2, 0.25) is 0 Å². The molecule has 0 atom stereocenters. The number of alkyl halides is 1. The number of carbonyl (C=O) groups excluding carboxylic acids is 2. The van der Waals surface area contributed by atoms with Gasteiger partial charge in [-0.05, 0) is 18.2 Å². The van der Waals surface area contributed by atoms with Crippen LogP contribution in [0.5, 0.6) is 0 Å². The van der Waals surface area contributed by atoms with E-state index in [-0.39, 0.29) is 18.1 Å². The second-order valence-corrected chi connectivity index (χ2v) is 3.28. The van der Waals surface area contributed by atoms with E-state index in [0.717, 1.165) is 11.0 Å². The van der Waals surface area contributed by atoms with Gasteiger partial charge in [0.2, 0.25) is 5.91 Å². The first kappa shape index (κ1) is 12.4. The van der Waals surface area contributed by atoms with Crippen LogP contribution in [0.3, 0.4) is 0 Å². The van der Waals surface area contributed by atoms with Crippen LogP contribution in [0.25, 0.3) is 0 Å². The number of rotatable bonds is 4. The number of hydrogen-bond donors (Lipinski definition) is 0. The second kappa shape index (κ2) is 6.02. The average Bonchev–Trinajstić information content (AvgIpc) is 2.31. The van der Waals surface area contributed by atoms with Crippen molar-refractivity contribution in [3.63, 3.8) is 0 Å². The zero-order chi connectivity index (χ0) is 12.0. The van der Waals surface area contributed by atoms with Gasteiger partial charge in [0, 0.05) is 18.5 Å². The minimum Gasteiger partial charge on any atom is -0.274 e. The van der Waals surface area contributed by atoms with Gasteiger partial charge < -0.3 is 0 Å². The Morgan fingerprint density at radius 3 is 2.75 bits per heavy atom. The monoisotopic (exact) mass is 238 g/mol. The molecule has 2 amide bonds. The molecule has 0 spiro atoms. The number of hydrogen-bond acceptors (Lipinski definition) is 3. The summed E-state index contributed by atoms with van der Waals surface area (Å²) in [5, 5.41) is 0. The number of anilines is 1. The molecule has 0 fully saturated rings. The molecule has 0 aliphatic carbocycles. The number of aromatic nitrogens is 1. The lowest BCUT2D eigenvalue weighted by Gasteiger charge is -2.17. The van der Waals surface area contributed by atoms with Gasteiger partial charge in [0.05, 0.1) is 0 Å². The van der Waals surface area contributed by atoms with E-state index in [4.69, 9.17) is 11.6 Å². The van der Waals surface area contributed by atoms with Gasteiger partial charge in [-0.3, -0.25) is 9.59 Å². The average molecular weight is 239 g/mol. The summed E-state index contributed by atoms with van der Waals surface area (Å²) >= 11 is 5.47. The van der Waals surface area contributed by atoms with Crippen LogP contribution in [0.15, 0.2) is 37.1 Å². The summed E-state index contributed by atoms with van der Waals surface area (Å²) < 4.78 is 0. The second-order valence-electron chi connectivity index (χ2n) is 2.90. The molecule has 0 saturated carbocycles. The lowest BCUT2D eigenvalue weighted by Crippen LogP contribution is -2.36. The molecule has 1 aromatic heterocycles. The molecule has 4 nitrogen and oxygen atoms in total. The Labute approximate surface area is 98.5 Å². The Morgan fingerprint density at radius 1 is 1.50 bits per heavy atom. The van der Waals surface area contributed by atoms with Crippen molar-refractivity contribution in [2.45, 2.75) is 6.42 Å². The quantitative estimate of drug-likeness (QED) is 0.593. The summed E-state index contributed by atoms with van der Waals surface area (Å²) in [6.07, 6.45) is 2.66. The largest absolute Gasteiger partial charge is 0.274 e. The Morgan fingerprint density at radius 2 is 2.25 bits per heavy atom. The molecule has 1 rings (SSSR count). The highest BCUT2D eigenvalue weighted by atomic mass is 35.5. The predicted molar refractivity (Wildman–Crippen MR) is 62.3 cm³/mol. The van der Waals surface area contributed by atoms with E-state index in [1.165, 1.54) is 6.20 Å². The minimum atomic E-state index is -0.506. The highest BCUT2D eigenvalue weighted by Gasteiger charge is 2.21. The van der Waals surface area contributed by atoms with Crippen molar-refractivity contribution in [2.75, 3.05) is 10.8 Å². The molecule has 0 N–H and O–H groups in total. The molecule has 0 aliphatic rings. The maximum atomic E-state index is 11.7. The highest BCUT2D eigenvalue weighted by molar-refractivity contribution is 6.22. The van der Waals surface area contributed by atoms with E-state index in [0.29, 0.717) is 0 Å². The molecule has 0 saturated heterocycles. The van der Waals surface area contributed by atoms with Gasteiger partial charge >= 0.3 is 0 Å². The van der Waals surface area contributed by atoms with Gasteiger partial charge in [-0.2, -0.15) is 0 Å². The minimum absolute atomic E-state index is 0.0811. The molecule has 0 bridgehead atoms. The van der Waals surface area contributed by atoms with E-state index in [9.17, 15) is 9.59 Å². The molecular formula is C11H11ClN2O2. The zero-order valence-electron chi connectivity index (χ0n) is 8.60. The van der Waals surface area contributed by atoms with Crippen molar-refractivity contribution < 1.29 is 9.59 Å². The van der Waals surface area contributed by atoms with Crippen molar-refractivity contribution in [3.8, 4) is 0 Å². The van der Waals surface area contributed by atoms with E-state index in [1.54, 1.807) is 18.2 Å². The number of imide groups is 1. The Balaban J connectivity index is 3.01. The Bertz CT molecular complexity index is 392. The zero-order valence-corrected chi connectivity index (χ0v) is 9.35. The van der Waals surface area contributed by atoms with E-state index in [2.05, 4.69) is 11.6 Å². The molecule has 5 heteroatoms. The first-order valence-corrected chi connectivity index (χ1v) is 5.20. The number of carbonyl (C=O) groups is 2. The van der Waals surface area contributed by atoms with Gasteiger partial charge in [-0.25, -0.2) is 9.88 Å². The van der Waals surface area contributed by atoms with Gasteiger partial charge in [0.1, 0.15) is 5.82 Å². The molecular weight excluding hydrogens is 228 g/mol. The summed E-state index contributed by atoms with van der Waals surface area (Å²) in [5.41, 5.74) is 0. The van der Waals surface area contributed by atoms with Crippen molar-refractivity contribution >= 4 is 29.2 Å². The van der Waals surface area contributed by atoms with Crippen LogP contribution in [0, 0.1) is 0 Å². The first-order valence-electron chi connectivity index (χ1n) is 4.67. The molecule has 1 heterocycles. The molecule has 0 radical (unpaired) electrons. The smallest absolute Gasteiger partial charge is 0.258 e. The molecule has 1 aromatic rings. The van der Waals surface area contributed by atoms with Crippen LogP contribution >= 0.6 is 11.6 Å². The van der Waals surface area contributed by atoms with Crippen LogP contribution in [-0.2, 0) is 9.59 Å². The molecule has 0 aromatic carbocycles. The Kier molecular flexibility index (Phi) is 4.66. The lowest BCUT2D eigenvalue weighted by atomic mass is 10.3. The third-order valence-corrected chi connectivity index (χ3v) is 2.02. The number of nitrogens with zero attached hydrogens (tertiary/aromatic N) is 2.